The number of nitrogens with zero attached hydrogens (tertiary/aromatic N) is 2. The van der Waals surface area contributed by atoms with Crippen molar-refractivity contribution in [2.45, 2.75) is 58.5 Å². The Hall–Kier alpha value is -2.70. The maximum Gasteiger partial charge on any atom is 0.313 e. The Bertz CT molecular complexity index is 904. The standard InChI is InChI=1S/C19H24N4O3/c1-3-12(2)20-17(24)18(25)21-13-8-9-15-14(11-13)19(26)23-10-6-4-5-7-16(23)22-15/h8-9,11-12H,3-7,10H2,1-2H3,(H,20,24)(H,21,25). The number of hydrogen-bond donors (Lipinski definition) is 2. The first kappa shape index (κ1) is 18.1. The van der Waals surface area contributed by atoms with E-state index in [2.05, 4.69) is 15.6 Å². The second-order valence-corrected chi connectivity index (χ2v) is 6.76. The topological polar surface area (TPSA) is 93.1 Å². The third-order valence-electron chi connectivity index (χ3n) is 4.77. The summed E-state index contributed by atoms with van der Waals surface area (Å²) in [6.07, 6.45) is 4.64. The van der Waals surface area contributed by atoms with E-state index >= 15 is 0 Å². The van der Waals surface area contributed by atoms with Crippen LogP contribution in [0.4, 0.5) is 5.69 Å². The molecule has 2 heterocycles. The van der Waals surface area contributed by atoms with Gasteiger partial charge in [-0.3, -0.25) is 19.0 Å². The third kappa shape index (κ3) is 3.76. The van der Waals surface area contributed by atoms with E-state index in [1.54, 1.807) is 22.8 Å². The SMILES string of the molecule is CCC(C)NC(=O)C(=O)Nc1ccc2nc3n(c(=O)c2c1)CCCCC3. The smallest absolute Gasteiger partial charge is 0.313 e. The molecule has 0 aliphatic carbocycles. The largest absolute Gasteiger partial charge is 0.345 e. The first-order valence-electron chi connectivity index (χ1n) is 9.15. The number of aryl methyl sites for hydroxylation is 1. The fraction of sp³-hybridized carbons (Fsp3) is 0.474. The Labute approximate surface area is 151 Å². The van der Waals surface area contributed by atoms with Crippen molar-refractivity contribution in [2.24, 2.45) is 0 Å². The molecule has 1 aliphatic rings. The molecule has 7 nitrogen and oxygen atoms in total. The van der Waals surface area contributed by atoms with E-state index in [1.165, 1.54) is 0 Å². The fourth-order valence-corrected chi connectivity index (χ4v) is 3.08. The van der Waals surface area contributed by atoms with Crippen LogP contribution in [-0.4, -0.2) is 27.4 Å². The average molecular weight is 356 g/mol. The fourth-order valence-electron chi connectivity index (χ4n) is 3.08. The minimum absolute atomic E-state index is 0.0749. The summed E-state index contributed by atoms with van der Waals surface area (Å²) in [5.74, 6) is -0.603. The molecule has 2 aromatic rings. The zero-order chi connectivity index (χ0) is 18.7. The number of aromatic nitrogens is 2. The predicted molar refractivity (Wildman–Crippen MR) is 100 cm³/mol. The molecule has 3 rings (SSSR count). The number of nitrogens with one attached hydrogen (secondary N) is 2. The van der Waals surface area contributed by atoms with Gasteiger partial charge in [0.1, 0.15) is 5.82 Å². The average Bonchev–Trinajstić information content (AvgIpc) is 2.87. The van der Waals surface area contributed by atoms with E-state index in [9.17, 15) is 14.4 Å². The molecule has 1 aromatic carbocycles. The van der Waals surface area contributed by atoms with Crippen molar-refractivity contribution < 1.29 is 9.59 Å². The number of carbonyl (C=O) groups excluding carboxylic acids is 2. The molecule has 7 heteroatoms. The van der Waals surface area contributed by atoms with Crippen LogP contribution in [0.2, 0.25) is 0 Å². The maximum absolute atomic E-state index is 12.8. The number of amides is 2. The predicted octanol–water partition coefficient (Wildman–Crippen LogP) is 1.98. The monoisotopic (exact) mass is 356 g/mol. The van der Waals surface area contributed by atoms with Crippen molar-refractivity contribution in [3.63, 3.8) is 0 Å². The number of carbonyl (C=O) groups is 2. The summed E-state index contributed by atoms with van der Waals surface area (Å²) in [7, 11) is 0. The Morgan fingerprint density at radius 2 is 2.04 bits per heavy atom. The van der Waals surface area contributed by atoms with Crippen molar-refractivity contribution in [3.8, 4) is 0 Å². The van der Waals surface area contributed by atoms with Gasteiger partial charge in [-0.1, -0.05) is 13.3 Å². The summed E-state index contributed by atoms with van der Waals surface area (Å²) in [6.45, 7) is 4.43. The molecule has 0 bridgehead atoms. The first-order valence-corrected chi connectivity index (χ1v) is 9.15. The number of rotatable bonds is 3. The van der Waals surface area contributed by atoms with E-state index < -0.39 is 11.8 Å². The van der Waals surface area contributed by atoms with Crippen LogP contribution in [0.5, 0.6) is 0 Å². The van der Waals surface area contributed by atoms with Gasteiger partial charge in [0, 0.05) is 24.7 Å². The molecule has 0 fully saturated rings. The summed E-state index contributed by atoms with van der Waals surface area (Å²) in [5.41, 5.74) is 0.937. The van der Waals surface area contributed by atoms with Gasteiger partial charge >= 0.3 is 11.8 Å². The van der Waals surface area contributed by atoms with Gasteiger partial charge in [-0.15, -0.1) is 0 Å². The lowest BCUT2D eigenvalue weighted by atomic mass is 10.2. The number of benzene rings is 1. The van der Waals surface area contributed by atoms with Crippen LogP contribution in [0.3, 0.4) is 0 Å². The van der Waals surface area contributed by atoms with Crippen LogP contribution in [-0.2, 0) is 22.6 Å². The highest BCUT2D eigenvalue weighted by Crippen LogP contribution is 2.18. The molecule has 1 atom stereocenters. The van der Waals surface area contributed by atoms with E-state index in [0.717, 1.165) is 37.9 Å². The van der Waals surface area contributed by atoms with Gasteiger partial charge in [0.05, 0.1) is 10.9 Å². The molecular formula is C19H24N4O3. The highest BCUT2D eigenvalue weighted by molar-refractivity contribution is 6.39. The lowest BCUT2D eigenvalue weighted by Crippen LogP contribution is -2.40. The Morgan fingerprint density at radius 1 is 1.23 bits per heavy atom. The second kappa shape index (κ2) is 7.68. The number of fused-ring (bicyclic) bond motifs is 2. The summed E-state index contributed by atoms with van der Waals surface area (Å²) in [5, 5.41) is 5.63. The van der Waals surface area contributed by atoms with E-state index in [-0.39, 0.29) is 11.6 Å². The Kier molecular flexibility index (Phi) is 5.35. The van der Waals surface area contributed by atoms with Gasteiger partial charge in [0.2, 0.25) is 0 Å². The summed E-state index contributed by atoms with van der Waals surface area (Å²) >= 11 is 0. The van der Waals surface area contributed by atoms with Crippen LogP contribution in [0.1, 0.15) is 45.4 Å². The highest BCUT2D eigenvalue weighted by atomic mass is 16.2. The van der Waals surface area contributed by atoms with Gasteiger partial charge in [0.25, 0.3) is 5.56 Å². The Balaban J connectivity index is 1.87. The molecule has 0 spiro atoms. The summed E-state index contributed by atoms with van der Waals surface area (Å²) in [4.78, 5) is 41.3. The lowest BCUT2D eigenvalue weighted by Gasteiger charge is -2.12. The number of anilines is 1. The zero-order valence-corrected chi connectivity index (χ0v) is 15.2. The highest BCUT2D eigenvalue weighted by Gasteiger charge is 2.17. The second-order valence-electron chi connectivity index (χ2n) is 6.76. The molecule has 0 radical (unpaired) electrons. The van der Waals surface area contributed by atoms with Gasteiger partial charge in [-0.05, 0) is 44.4 Å². The van der Waals surface area contributed by atoms with Gasteiger partial charge in [0.15, 0.2) is 0 Å². The molecule has 138 valence electrons. The minimum Gasteiger partial charge on any atom is -0.345 e. The van der Waals surface area contributed by atoms with Crippen LogP contribution in [0, 0.1) is 0 Å². The molecule has 0 saturated heterocycles. The van der Waals surface area contributed by atoms with Crippen LogP contribution in [0.15, 0.2) is 23.0 Å². The molecular weight excluding hydrogens is 332 g/mol. The van der Waals surface area contributed by atoms with Crippen LogP contribution in [0.25, 0.3) is 10.9 Å². The van der Waals surface area contributed by atoms with Crippen molar-refractivity contribution in [2.75, 3.05) is 5.32 Å². The van der Waals surface area contributed by atoms with Gasteiger partial charge < -0.3 is 10.6 Å². The molecule has 26 heavy (non-hydrogen) atoms. The normalized spacial score (nSPS) is 15.0. The molecule has 1 aliphatic heterocycles. The summed E-state index contributed by atoms with van der Waals surface area (Å²) < 4.78 is 1.73. The molecule has 1 unspecified atom stereocenters. The third-order valence-corrected chi connectivity index (χ3v) is 4.77. The van der Waals surface area contributed by atoms with E-state index in [4.69, 9.17) is 0 Å². The van der Waals surface area contributed by atoms with Gasteiger partial charge in [-0.25, -0.2) is 4.98 Å². The first-order chi connectivity index (χ1) is 12.5. The van der Waals surface area contributed by atoms with E-state index in [0.29, 0.717) is 23.1 Å². The zero-order valence-electron chi connectivity index (χ0n) is 15.2. The van der Waals surface area contributed by atoms with Crippen molar-refractivity contribution in [3.05, 3.63) is 34.4 Å². The minimum atomic E-state index is -0.743. The van der Waals surface area contributed by atoms with Gasteiger partial charge in [-0.2, -0.15) is 0 Å². The molecule has 2 N–H and O–H groups in total. The van der Waals surface area contributed by atoms with Crippen molar-refractivity contribution >= 4 is 28.4 Å². The van der Waals surface area contributed by atoms with E-state index in [1.807, 2.05) is 13.8 Å². The van der Waals surface area contributed by atoms with Crippen molar-refractivity contribution in [1.29, 1.82) is 0 Å². The molecule has 2 amide bonds. The van der Waals surface area contributed by atoms with Crippen LogP contribution >= 0.6 is 0 Å². The lowest BCUT2D eigenvalue weighted by molar-refractivity contribution is -0.136. The number of hydrogen-bond acceptors (Lipinski definition) is 4. The maximum atomic E-state index is 12.8. The summed E-state index contributed by atoms with van der Waals surface area (Å²) in [6, 6.07) is 4.90. The Morgan fingerprint density at radius 3 is 2.81 bits per heavy atom. The van der Waals surface area contributed by atoms with Crippen LogP contribution < -0.4 is 16.2 Å². The molecule has 1 aromatic heterocycles. The molecule has 0 saturated carbocycles. The quantitative estimate of drug-likeness (QED) is 0.823. The van der Waals surface area contributed by atoms with Crippen molar-refractivity contribution in [1.82, 2.24) is 14.9 Å².